The molecule has 0 saturated heterocycles. The van der Waals surface area contributed by atoms with Gasteiger partial charge in [0.2, 0.25) is 11.8 Å². The fourth-order valence-electron chi connectivity index (χ4n) is 3.86. The van der Waals surface area contributed by atoms with E-state index in [2.05, 4.69) is 41.5 Å². The molecule has 2 N–H and O–H groups in total. The highest BCUT2D eigenvalue weighted by Gasteiger charge is 2.34. The Morgan fingerprint density at radius 3 is 2.52 bits per heavy atom. The maximum Gasteiger partial charge on any atom is 0.243 e. The first kappa shape index (κ1) is 15.8. The Morgan fingerprint density at radius 2 is 1.87 bits per heavy atom. The zero-order valence-electron chi connectivity index (χ0n) is 13.4. The van der Waals surface area contributed by atoms with Crippen molar-refractivity contribution in [1.82, 2.24) is 10.6 Å². The Morgan fingerprint density at radius 1 is 1.17 bits per heavy atom. The molecule has 1 aromatic carbocycles. The second-order valence-electron chi connectivity index (χ2n) is 6.64. The highest BCUT2D eigenvalue weighted by atomic mass is 16.2. The van der Waals surface area contributed by atoms with Gasteiger partial charge in [-0.2, -0.15) is 0 Å². The molecule has 0 spiro atoms. The number of hydrogen-bond acceptors (Lipinski definition) is 2. The summed E-state index contributed by atoms with van der Waals surface area (Å²) in [5.41, 5.74) is 2.81. The molecule has 1 fully saturated rings. The van der Waals surface area contributed by atoms with E-state index in [-0.39, 0.29) is 23.8 Å². The van der Waals surface area contributed by atoms with Crippen LogP contribution in [-0.4, -0.2) is 24.4 Å². The third kappa shape index (κ3) is 3.63. The predicted molar refractivity (Wildman–Crippen MR) is 89.8 cm³/mol. The summed E-state index contributed by atoms with van der Waals surface area (Å²) >= 11 is 0. The SMILES string of the molecule is C=CC(=O)N[C@@H]1CCC[C@H]1C(=O)NCC1Cc2ccccc2C1. The molecule has 2 atom stereocenters. The monoisotopic (exact) mass is 312 g/mol. The second-order valence-corrected chi connectivity index (χ2v) is 6.64. The van der Waals surface area contributed by atoms with Crippen molar-refractivity contribution in [3.63, 3.8) is 0 Å². The number of carbonyl (C=O) groups excluding carboxylic acids is 2. The van der Waals surface area contributed by atoms with E-state index in [1.165, 1.54) is 17.2 Å². The summed E-state index contributed by atoms with van der Waals surface area (Å²) in [5.74, 6) is 0.260. The highest BCUT2D eigenvalue weighted by molar-refractivity contribution is 5.88. The van der Waals surface area contributed by atoms with Crippen LogP contribution in [0, 0.1) is 11.8 Å². The smallest absolute Gasteiger partial charge is 0.243 e. The number of carbonyl (C=O) groups is 2. The van der Waals surface area contributed by atoms with Crippen LogP contribution in [0.3, 0.4) is 0 Å². The number of fused-ring (bicyclic) bond motifs is 1. The van der Waals surface area contributed by atoms with Gasteiger partial charge >= 0.3 is 0 Å². The lowest BCUT2D eigenvalue weighted by molar-refractivity contribution is -0.126. The van der Waals surface area contributed by atoms with E-state index < -0.39 is 0 Å². The average molecular weight is 312 g/mol. The van der Waals surface area contributed by atoms with Crippen molar-refractivity contribution in [2.75, 3.05) is 6.54 Å². The van der Waals surface area contributed by atoms with Gasteiger partial charge in [0, 0.05) is 12.6 Å². The molecule has 4 heteroatoms. The maximum atomic E-state index is 12.5. The lowest BCUT2D eigenvalue weighted by Gasteiger charge is -2.21. The van der Waals surface area contributed by atoms with Crippen molar-refractivity contribution in [1.29, 1.82) is 0 Å². The molecule has 2 aliphatic rings. The molecular weight excluding hydrogens is 288 g/mol. The molecule has 0 bridgehead atoms. The van der Waals surface area contributed by atoms with Crippen molar-refractivity contribution in [2.24, 2.45) is 11.8 Å². The van der Waals surface area contributed by atoms with Crippen LogP contribution in [0.2, 0.25) is 0 Å². The summed E-state index contributed by atoms with van der Waals surface area (Å²) in [4.78, 5) is 23.9. The molecule has 3 rings (SSSR count). The Bertz CT molecular complexity index is 586. The molecule has 0 aliphatic heterocycles. The van der Waals surface area contributed by atoms with Crippen LogP contribution >= 0.6 is 0 Å². The molecule has 4 nitrogen and oxygen atoms in total. The standard InChI is InChI=1S/C19H24N2O2/c1-2-18(22)21-17-9-5-8-16(17)19(23)20-12-13-10-14-6-3-4-7-15(14)11-13/h2-4,6-7,13,16-17H,1,5,8-12H2,(H,20,23)(H,21,22)/t16-,17-/m1/s1. The van der Waals surface area contributed by atoms with Gasteiger partial charge in [0.15, 0.2) is 0 Å². The largest absolute Gasteiger partial charge is 0.355 e. The molecule has 0 aromatic heterocycles. The number of hydrogen-bond donors (Lipinski definition) is 2. The van der Waals surface area contributed by atoms with E-state index in [1.54, 1.807) is 0 Å². The van der Waals surface area contributed by atoms with E-state index in [9.17, 15) is 9.59 Å². The van der Waals surface area contributed by atoms with Crippen molar-refractivity contribution in [3.05, 3.63) is 48.0 Å². The third-order valence-corrected chi connectivity index (χ3v) is 5.07. The Balaban J connectivity index is 1.50. The minimum absolute atomic E-state index is 0.0544. The minimum atomic E-state index is -0.194. The Kier molecular flexibility index (Phi) is 4.79. The van der Waals surface area contributed by atoms with Crippen LogP contribution in [0.4, 0.5) is 0 Å². The van der Waals surface area contributed by atoms with Crippen LogP contribution < -0.4 is 10.6 Å². The first-order valence-electron chi connectivity index (χ1n) is 8.45. The molecule has 2 amide bonds. The van der Waals surface area contributed by atoms with Gasteiger partial charge in [0.1, 0.15) is 0 Å². The summed E-state index contributed by atoms with van der Waals surface area (Å²) in [5, 5.41) is 5.99. The lowest BCUT2D eigenvalue weighted by Crippen LogP contribution is -2.44. The van der Waals surface area contributed by atoms with Gasteiger partial charge in [-0.1, -0.05) is 37.3 Å². The predicted octanol–water partition coefficient (Wildman–Crippen LogP) is 1.99. The molecule has 23 heavy (non-hydrogen) atoms. The van der Waals surface area contributed by atoms with Crippen LogP contribution in [0.15, 0.2) is 36.9 Å². The van der Waals surface area contributed by atoms with Gasteiger partial charge < -0.3 is 10.6 Å². The molecule has 2 aliphatic carbocycles. The molecule has 122 valence electrons. The molecule has 0 heterocycles. The third-order valence-electron chi connectivity index (χ3n) is 5.07. The highest BCUT2D eigenvalue weighted by Crippen LogP contribution is 2.28. The van der Waals surface area contributed by atoms with E-state index in [4.69, 9.17) is 0 Å². The van der Waals surface area contributed by atoms with Crippen molar-refractivity contribution in [2.45, 2.75) is 38.1 Å². The fourth-order valence-corrected chi connectivity index (χ4v) is 3.86. The van der Waals surface area contributed by atoms with E-state index in [1.807, 2.05) is 0 Å². The molecule has 1 saturated carbocycles. The van der Waals surface area contributed by atoms with Crippen molar-refractivity contribution < 1.29 is 9.59 Å². The van der Waals surface area contributed by atoms with Crippen LogP contribution in [0.25, 0.3) is 0 Å². The van der Waals surface area contributed by atoms with Crippen molar-refractivity contribution >= 4 is 11.8 Å². The van der Waals surface area contributed by atoms with Crippen LogP contribution in [0.1, 0.15) is 30.4 Å². The number of rotatable bonds is 5. The number of nitrogens with one attached hydrogen (secondary N) is 2. The summed E-state index contributed by atoms with van der Waals surface area (Å²) in [6, 6.07) is 8.45. The fraction of sp³-hybridized carbons (Fsp3) is 0.474. The maximum absolute atomic E-state index is 12.5. The van der Waals surface area contributed by atoms with E-state index in [0.717, 1.165) is 32.1 Å². The summed E-state index contributed by atoms with van der Waals surface area (Å²) in [7, 11) is 0. The number of benzene rings is 1. The molecule has 0 radical (unpaired) electrons. The van der Waals surface area contributed by atoms with Gasteiger partial charge in [0.05, 0.1) is 5.92 Å². The normalized spacial score (nSPS) is 23.3. The van der Waals surface area contributed by atoms with Crippen LogP contribution in [-0.2, 0) is 22.4 Å². The summed E-state index contributed by atoms with van der Waals surface area (Å²) < 4.78 is 0. The zero-order chi connectivity index (χ0) is 16.2. The lowest BCUT2D eigenvalue weighted by atomic mass is 10.0. The van der Waals surface area contributed by atoms with Gasteiger partial charge in [-0.05, 0) is 48.8 Å². The van der Waals surface area contributed by atoms with Gasteiger partial charge in [-0.3, -0.25) is 9.59 Å². The second kappa shape index (κ2) is 6.99. The topological polar surface area (TPSA) is 58.2 Å². The Labute approximate surface area is 137 Å². The first-order chi connectivity index (χ1) is 11.2. The van der Waals surface area contributed by atoms with Crippen LogP contribution in [0.5, 0.6) is 0 Å². The summed E-state index contributed by atoms with van der Waals surface area (Å²) in [6.07, 6.45) is 6.04. The first-order valence-corrected chi connectivity index (χ1v) is 8.45. The molecule has 0 unspecified atom stereocenters. The zero-order valence-corrected chi connectivity index (χ0v) is 13.4. The van der Waals surface area contributed by atoms with Gasteiger partial charge in [-0.15, -0.1) is 0 Å². The molecule has 1 aromatic rings. The molecular formula is C19H24N2O2. The Hall–Kier alpha value is -2.10. The number of amides is 2. The van der Waals surface area contributed by atoms with Gasteiger partial charge in [0.25, 0.3) is 0 Å². The van der Waals surface area contributed by atoms with Crippen molar-refractivity contribution in [3.8, 4) is 0 Å². The average Bonchev–Trinajstić information content (AvgIpc) is 3.18. The summed E-state index contributed by atoms with van der Waals surface area (Å²) in [6.45, 7) is 4.18. The van der Waals surface area contributed by atoms with E-state index >= 15 is 0 Å². The van der Waals surface area contributed by atoms with E-state index in [0.29, 0.717) is 12.5 Å². The van der Waals surface area contributed by atoms with Gasteiger partial charge in [-0.25, -0.2) is 0 Å². The minimum Gasteiger partial charge on any atom is -0.355 e. The quantitative estimate of drug-likeness (QED) is 0.817.